The lowest BCUT2D eigenvalue weighted by Crippen LogP contribution is -2.18. The molecule has 0 radical (unpaired) electrons. The van der Waals surface area contributed by atoms with Gasteiger partial charge in [0.2, 0.25) is 0 Å². The summed E-state index contributed by atoms with van der Waals surface area (Å²) >= 11 is 0. The standard InChI is InChI=1S/C8H14N4/c1-6(2)8(9)10-7-4-5-12(3)11-7/h4-6H,1-3H3,(H2,9,10,11). The van der Waals surface area contributed by atoms with Gasteiger partial charge >= 0.3 is 0 Å². The smallest absolute Gasteiger partial charge is 0.175 e. The first-order chi connectivity index (χ1) is 5.59. The zero-order chi connectivity index (χ0) is 9.14. The van der Waals surface area contributed by atoms with Crippen molar-refractivity contribution in [2.75, 3.05) is 0 Å². The average Bonchev–Trinajstić information content (AvgIpc) is 2.35. The molecule has 0 saturated carbocycles. The molecule has 1 aromatic rings. The van der Waals surface area contributed by atoms with Gasteiger partial charge in [0.1, 0.15) is 5.84 Å². The fourth-order valence-corrected chi connectivity index (χ4v) is 0.724. The maximum atomic E-state index is 5.66. The van der Waals surface area contributed by atoms with Crippen LogP contribution in [0, 0.1) is 5.92 Å². The first-order valence-electron chi connectivity index (χ1n) is 3.93. The van der Waals surface area contributed by atoms with Gasteiger partial charge in [-0.15, -0.1) is 0 Å². The van der Waals surface area contributed by atoms with Gasteiger partial charge in [-0.1, -0.05) is 13.8 Å². The molecule has 4 nitrogen and oxygen atoms in total. The van der Waals surface area contributed by atoms with E-state index in [4.69, 9.17) is 5.73 Å². The lowest BCUT2D eigenvalue weighted by molar-refractivity contribution is 0.767. The van der Waals surface area contributed by atoms with Gasteiger partial charge in [-0.3, -0.25) is 4.68 Å². The minimum atomic E-state index is 0.270. The van der Waals surface area contributed by atoms with Gasteiger partial charge < -0.3 is 5.73 Å². The largest absolute Gasteiger partial charge is 0.387 e. The summed E-state index contributed by atoms with van der Waals surface area (Å²) < 4.78 is 1.70. The first-order valence-corrected chi connectivity index (χ1v) is 3.93. The second kappa shape index (κ2) is 3.38. The maximum absolute atomic E-state index is 5.66. The number of aryl methyl sites for hydroxylation is 1. The van der Waals surface area contributed by atoms with Gasteiger partial charge in [-0.2, -0.15) is 5.10 Å². The molecule has 0 aromatic carbocycles. The molecule has 0 unspecified atom stereocenters. The molecule has 12 heavy (non-hydrogen) atoms. The van der Waals surface area contributed by atoms with Crippen LogP contribution in [0.15, 0.2) is 17.3 Å². The van der Waals surface area contributed by atoms with Crippen molar-refractivity contribution in [2.24, 2.45) is 23.7 Å². The first kappa shape index (κ1) is 8.77. The highest BCUT2D eigenvalue weighted by atomic mass is 15.3. The number of aliphatic imine (C=N–C) groups is 1. The summed E-state index contributed by atoms with van der Waals surface area (Å²) in [4.78, 5) is 4.14. The lowest BCUT2D eigenvalue weighted by atomic mass is 10.2. The van der Waals surface area contributed by atoms with Crippen molar-refractivity contribution in [3.63, 3.8) is 0 Å². The number of hydrogen-bond donors (Lipinski definition) is 1. The number of nitrogens with zero attached hydrogens (tertiary/aromatic N) is 3. The summed E-state index contributed by atoms with van der Waals surface area (Å²) in [6.45, 7) is 4.00. The highest BCUT2D eigenvalue weighted by Gasteiger charge is 2.00. The predicted molar refractivity (Wildman–Crippen MR) is 49.3 cm³/mol. The van der Waals surface area contributed by atoms with Crippen molar-refractivity contribution in [3.05, 3.63) is 12.3 Å². The Balaban J connectivity index is 2.80. The Kier molecular flexibility index (Phi) is 2.47. The zero-order valence-corrected chi connectivity index (χ0v) is 7.65. The Morgan fingerprint density at radius 3 is 2.75 bits per heavy atom. The van der Waals surface area contributed by atoms with Gasteiger partial charge in [-0.05, 0) is 0 Å². The third kappa shape index (κ3) is 2.08. The van der Waals surface area contributed by atoms with E-state index in [1.165, 1.54) is 0 Å². The van der Waals surface area contributed by atoms with Crippen LogP contribution >= 0.6 is 0 Å². The van der Waals surface area contributed by atoms with Crippen LogP contribution in [0.1, 0.15) is 13.8 Å². The van der Waals surface area contributed by atoms with Crippen LogP contribution < -0.4 is 5.73 Å². The van der Waals surface area contributed by atoms with E-state index in [-0.39, 0.29) is 5.92 Å². The number of aromatic nitrogens is 2. The summed E-state index contributed by atoms with van der Waals surface area (Å²) in [5.41, 5.74) is 5.66. The topological polar surface area (TPSA) is 56.2 Å². The molecule has 1 heterocycles. The Hall–Kier alpha value is -1.32. The summed E-state index contributed by atoms with van der Waals surface area (Å²) in [6, 6.07) is 1.83. The maximum Gasteiger partial charge on any atom is 0.175 e. The monoisotopic (exact) mass is 166 g/mol. The molecular formula is C8H14N4. The van der Waals surface area contributed by atoms with Crippen molar-refractivity contribution < 1.29 is 0 Å². The van der Waals surface area contributed by atoms with Crippen molar-refractivity contribution >= 4 is 11.7 Å². The molecule has 1 aromatic heterocycles. The molecule has 0 saturated heterocycles. The number of hydrogen-bond acceptors (Lipinski definition) is 2. The van der Waals surface area contributed by atoms with Crippen molar-refractivity contribution in [1.82, 2.24) is 9.78 Å². The van der Waals surface area contributed by atoms with Crippen molar-refractivity contribution in [2.45, 2.75) is 13.8 Å². The van der Waals surface area contributed by atoms with Crippen LogP contribution in [0.2, 0.25) is 0 Å². The molecule has 0 aliphatic carbocycles. The summed E-state index contributed by atoms with van der Waals surface area (Å²) in [5.74, 6) is 1.56. The van der Waals surface area contributed by atoms with E-state index >= 15 is 0 Å². The molecule has 0 aliphatic rings. The summed E-state index contributed by atoms with van der Waals surface area (Å²) in [7, 11) is 1.85. The van der Waals surface area contributed by atoms with Gasteiger partial charge in [0.15, 0.2) is 5.82 Å². The number of amidine groups is 1. The lowest BCUT2D eigenvalue weighted by Gasteiger charge is -2.00. The minimum Gasteiger partial charge on any atom is -0.387 e. The molecule has 0 spiro atoms. The van der Waals surface area contributed by atoms with Gasteiger partial charge in [0.05, 0.1) is 0 Å². The van der Waals surface area contributed by atoms with E-state index in [1.807, 2.05) is 33.2 Å². The van der Waals surface area contributed by atoms with Crippen LogP contribution in [0.25, 0.3) is 0 Å². The van der Waals surface area contributed by atoms with Gasteiger partial charge in [-0.25, -0.2) is 4.99 Å². The molecule has 2 N–H and O–H groups in total. The van der Waals surface area contributed by atoms with E-state index in [0.717, 1.165) is 0 Å². The normalized spacial score (nSPS) is 12.5. The van der Waals surface area contributed by atoms with Crippen LogP contribution in [0.4, 0.5) is 5.82 Å². The molecule has 0 fully saturated rings. The van der Waals surface area contributed by atoms with Crippen LogP contribution in [-0.4, -0.2) is 15.6 Å². The minimum absolute atomic E-state index is 0.270. The molecule has 0 aliphatic heterocycles. The molecule has 0 bridgehead atoms. The third-order valence-electron chi connectivity index (χ3n) is 1.53. The van der Waals surface area contributed by atoms with E-state index in [9.17, 15) is 0 Å². The third-order valence-corrected chi connectivity index (χ3v) is 1.53. The van der Waals surface area contributed by atoms with Crippen LogP contribution in [-0.2, 0) is 7.05 Å². The SMILES string of the molecule is CC(C)C(N)=Nc1ccn(C)n1. The highest BCUT2D eigenvalue weighted by Crippen LogP contribution is 2.07. The van der Waals surface area contributed by atoms with Gasteiger partial charge in [0, 0.05) is 25.2 Å². The van der Waals surface area contributed by atoms with Crippen LogP contribution in [0.3, 0.4) is 0 Å². The van der Waals surface area contributed by atoms with Crippen LogP contribution in [0.5, 0.6) is 0 Å². The van der Waals surface area contributed by atoms with Crippen molar-refractivity contribution in [1.29, 1.82) is 0 Å². The Bertz CT molecular complexity index is 285. The van der Waals surface area contributed by atoms with E-state index < -0.39 is 0 Å². The Morgan fingerprint density at radius 1 is 1.67 bits per heavy atom. The fraction of sp³-hybridized carbons (Fsp3) is 0.500. The fourth-order valence-electron chi connectivity index (χ4n) is 0.724. The Morgan fingerprint density at radius 2 is 2.33 bits per heavy atom. The number of rotatable bonds is 2. The Labute approximate surface area is 72.1 Å². The van der Waals surface area contributed by atoms with Crippen molar-refractivity contribution in [3.8, 4) is 0 Å². The quantitative estimate of drug-likeness (QED) is 0.527. The second-order valence-electron chi connectivity index (χ2n) is 3.04. The average molecular weight is 166 g/mol. The summed E-state index contributed by atoms with van der Waals surface area (Å²) in [5, 5.41) is 4.08. The van der Waals surface area contributed by atoms with E-state index in [2.05, 4.69) is 10.1 Å². The molecule has 1 rings (SSSR count). The zero-order valence-electron chi connectivity index (χ0n) is 7.65. The van der Waals surface area contributed by atoms with E-state index in [1.54, 1.807) is 4.68 Å². The molecule has 0 amide bonds. The molecule has 4 heteroatoms. The summed E-state index contributed by atoms with van der Waals surface area (Å²) in [6.07, 6.45) is 1.84. The predicted octanol–water partition coefficient (Wildman–Crippen LogP) is 1.06. The highest BCUT2D eigenvalue weighted by molar-refractivity contribution is 5.84. The molecular weight excluding hydrogens is 152 g/mol. The van der Waals surface area contributed by atoms with Gasteiger partial charge in [0.25, 0.3) is 0 Å². The number of nitrogens with two attached hydrogens (primary N) is 1. The van der Waals surface area contributed by atoms with E-state index in [0.29, 0.717) is 11.7 Å². The molecule has 0 atom stereocenters. The molecule has 66 valence electrons. The second-order valence-corrected chi connectivity index (χ2v) is 3.04.